The van der Waals surface area contributed by atoms with Crippen LogP contribution in [0.15, 0.2) is 66.2 Å². The summed E-state index contributed by atoms with van der Waals surface area (Å²) in [7, 11) is 0. The molecule has 0 aliphatic carbocycles. The number of nitrogens with zero attached hydrogens (tertiary/aromatic N) is 2. The van der Waals surface area contributed by atoms with Gasteiger partial charge in [0.15, 0.2) is 11.5 Å². The Balaban J connectivity index is 1.64. The number of urea groups is 1. The number of carbonyl (C=O) groups excluding carboxylic acids is 3. The number of ether oxygens (including phenoxy) is 2. The first-order valence-corrected chi connectivity index (χ1v) is 11.9. The maximum Gasteiger partial charge on any atom is 0.335 e. The molecule has 0 saturated carbocycles. The third-order valence-corrected chi connectivity index (χ3v) is 5.97. The van der Waals surface area contributed by atoms with E-state index in [9.17, 15) is 24.5 Å². The summed E-state index contributed by atoms with van der Waals surface area (Å²) in [5.41, 5.74) is 0.762. The number of imide groups is 2. The summed E-state index contributed by atoms with van der Waals surface area (Å²) in [5.74, 6) is -1.28. The lowest BCUT2D eigenvalue weighted by molar-refractivity contribution is -0.384. The quantitative estimate of drug-likeness (QED) is 0.167. The van der Waals surface area contributed by atoms with Crippen molar-refractivity contribution in [2.45, 2.75) is 13.5 Å². The zero-order valence-corrected chi connectivity index (χ0v) is 21.3. The van der Waals surface area contributed by atoms with Crippen molar-refractivity contribution in [3.63, 3.8) is 0 Å². The summed E-state index contributed by atoms with van der Waals surface area (Å²) in [6.07, 6.45) is 1.28. The number of nitro benzene ring substituents is 1. The van der Waals surface area contributed by atoms with Crippen molar-refractivity contribution >= 4 is 58.5 Å². The summed E-state index contributed by atoms with van der Waals surface area (Å²) in [4.78, 5) is 49.3. The van der Waals surface area contributed by atoms with Gasteiger partial charge in [-0.2, -0.15) is 0 Å². The number of para-hydroxylation sites is 1. The lowest BCUT2D eigenvalue weighted by Gasteiger charge is -2.27. The number of hydrogen-bond donors (Lipinski definition) is 1. The van der Waals surface area contributed by atoms with Crippen LogP contribution in [0.5, 0.6) is 11.5 Å². The van der Waals surface area contributed by atoms with Crippen LogP contribution in [0.4, 0.5) is 16.2 Å². The van der Waals surface area contributed by atoms with Crippen LogP contribution >= 0.6 is 23.2 Å². The SMILES string of the molecule is CCOc1cc(/C=C2\C(=O)NC(=O)N(c3ccccc3Cl)C2=O)cc(Cl)c1OCc1ccc([N+](=O)[O-])cc1. The summed E-state index contributed by atoms with van der Waals surface area (Å²) in [6.45, 7) is 2.07. The summed E-state index contributed by atoms with van der Waals surface area (Å²) in [6, 6.07) is 14.2. The number of benzene rings is 3. The molecule has 0 unspecified atom stereocenters. The molecule has 0 spiro atoms. The Kier molecular flexibility index (Phi) is 7.94. The summed E-state index contributed by atoms with van der Waals surface area (Å²) >= 11 is 12.6. The van der Waals surface area contributed by atoms with Gasteiger partial charge in [0.2, 0.25) is 0 Å². The van der Waals surface area contributed by atoms with Crippen LogP contribution in [0.1, 0.15) is 18.1 Å². The molecule has 3 aromatic rings. The highest BCUT2D eigenvalue weighted by molar-refractivity contribution is 6.42. The average molecular weight is 556 g/mol. The molecule has 0 aromatic heterocycles. The first-order valence-electron chi connectivity index (χ1n) is 11.2. The Morgan fingerprint density at radius 1 is 1.00 bits per heavy atom. The molecule has 1 heterocycles. The molecule has 38 heavy (non-hydrogen) atoms. The molecule has 194 valence electrons. The van der Waals surface area contributed by atoms with Gasteiger partial charge in [-0.15, -0.1) is 0 Å². The van der Waals surface area contributed by atoms with Crippen LogP contribution in [-0.2, 0) is 16.2 Å². The minimum absolute atomic E-state index is 0.0460. The predicted molar refractivity (Wildman–Crippen MR) is 141 cm³/mol. The molecule has 0 radical (unpaired) electrons. The van der Waals surface area contributed by atoms with Gasteiger partial charge in [0.25, 0.3) is 17.5 Å². The van der Waals surface area contributed by atoms with E-state index in [0.29, 0.717) is 11.1 Å². The summed E-state index contributed by atoms with van der Waals surface area (Å²) < 4.78 is 11.5. The number of hydrogen-bond acceptors (Lipinski definition) is 7. The Labute approximate surface area is 226 Å². The maximum absolute atomic E-state index is 13.2. The number of anilines is 1. The second-order valence-electron chi connectivity index (χ2n) is 7.88. The monoisotopic (exact) mass is 555 g/mol. The van der Waals surface area contributed by atoms with E-state index in [2.05, 4.69) is 5.32 Å². The molecule has 1 fully saturated rings. The van der Waals surface area contributed by atoms with Crippen molar-refractivity contribution < 1.29 is 28.8 Å². The molecule has 1 N–H and O–H groups in total. The van der Waals surface area contributed by atoms with E-state index < -0.39 is 22.8 Å². The Bertz CT molecular complexity index is 1470. The van der Waals surface area contributed by atoms with Crippen LogP contribution in [0.25, 0.3) is 6.08 Å². The molecule has 0 bridgehead atoms. The van der Waals surface area contributed by atoms with Gasteiger partial charge < -0.3 is 9.47 Å². The molecular weight excluding hydrogens is 537 g/mol. The van der Waals surface area contributed by atoms with Gasteiger partial charge in [-0.05, 0) is 60.5 Å². The third kappa shape index (κ3) is 5.61. The van der Waals surface area contributed by atoms with E-state index in [0.717, 1.165) is 4.90 Å². The fraction of sp³-hybridized carbons (Fsp3) is 0.115. The lowest BCUT2D eigenvalue weighted by Crippen LogP contribution is -2.54. The molecule has 10 nitrogen and oxygen atoms in total. The number of rotatable bonds is 8. The van der Waals surface area contributed by atoms with E-state index in [4.69, 9.17) is 32.7 Å². The number of nitro groups is 1. The topological polar surface area (TPSA) is 128 Å². The molecule has 0 atom stereocenters. The van der Waals surface area contributed by atoms with Gasteiger partial charge in [-0.1, -0.05) is 35.3 Å². The fourth-order valence-electron chi connectivity index (χ4n) is 3.62. The first kappa shape index (κ1) is 26.6. The van der Waals surface area contributed by atoms with E-state index in [-0.39, 0.29) is 51.7 Å². The van der Waals surface area contributed by atoms with E-state index in [1.165, 1.54) is 42.5 Å². The van der Waals surface area contributed by atoms with Crippen LogP contribution in [0.2, 0.25) is 10.0 Å². The number of halogens is 2. The Morgan fingerprint density at radius 3 is 2.37 bits per heavy atom. The van der Waals surface area contributed by atoms with Crippen LogP contribution in [0, 0.1) is 10.1 Å². The second-order valence-corrected chi connectivity index (χ2v) is 8.70. The van der Waals surface area contributed by atoms with Crippen molar-refractivity contribution in [3.8, 4) is 11.5 Å². The average Bonchev–Trinajstić information content (AvgIpc) is 2.87. The minimum Gasteiger partial charge on any atom is -0.490 e. The van der Waals surface area contributed by atoms with Crippen molar-refractivity contribution in [1.29, 1.82) is 0 Å². The fourth-order valence-corrected chi connectivity index (χ4v) is 4.11. The van der Waals surface area contributed by atoms with Gasteiger partial charge in [0, 0.05) is 12.1 Å². The number of barbiturate groups is 1. The predicted octanol–water partition coefficient (Wildman–Crippen LogP) is 5.55. The molecule has 3 aromatic carbocycles. The zero-order chi connectivity index (χ0) is 27.4. The number of non-ortho nitro benzene ring substituents is 1. The molecule has 4 amide bonds. The highest BCUT2D eigenvalue weighted by Crippen LogP contribution is 2.38. The van der Waals surface area contributed by atoms with Gasteiger partial charge in [0.1, 0.15) is 12.2 Å². The highest BCUT2D eigenvalue weighted by Gasteiger charge is 2.37. The van der Waals surface area contributed by atoms with Crippen LogP contribution < -0.4 is 19.7 Å². The molecule has 1 aliphatic heterocycles. The standard InChI is InChI=1S/C26H19Cl2N3O7/c1-2-37-22-13-16(12-20(28)23(22)38-14-15-7-9-17(10-8-15)31(35)36)11-18-24(32)29-26(34)30(25(18)33)21-6-4-3-5-19(21)27/h3-13H,2,14H2,1H3,(H,29,32,34)/b18-11+. The number of amides is 4. The molecule has 1 saturated heterocycles. The number of nitrogens with one attached hydrogen (secondary N) is 1. The zero-order valence-electron chi connectivity index (χ0n) is 19.8. The molecule has 4 rings (SSSR count). The highest BCUT2D eigenvalue weighted by atomic mass is 35.5. The smallest absolute Gasteiger partial charge is 0.335 e. The van der Waals surface area contributed by atoms with Crippen molar-refractivity contribution in [3.05, 3.63) is 97.5 Å². The van der Waals surface area contributed by atoms with Gasteiger partial charge in [-0.3, -0.25) is 25.0 Å². The van der Waals surface area contributed by atoms with Crippen molar-refractivity contribution in [2.24, 2.45) is 0 Å². The van der Waals surface area contributed by atoms with Gasteiger partial charge in [0.05, 0.1) is 27.3 Å². The maximum atomic E-state index is 13.2. The number of carbonyl (C=O) groups is 3. The van der Waals surface area contributed by atoms with Crippen molar-refractivity contribution in [1.82, 2.24) is 5.32 Å². The van der Waals surface area contributed by atoms with Crippen LogP contribution in [0.3, 0.4) is 0 Å². The Hall–Kier alpha value is -4.41. The van der Waals surface area contributed by atoms with E-state index in [1.807, 2.05) is 0 Å². The van der Waals surface area contributed by atoms with Crippen molar-refractivity contribution in [2.75, 3.05) is 11.5 Å². The van der Waals surface area contributed by atoms with E-state index >= 15 is 0 Å². The largest absolute Gasteiger partial charge is 0.490 e. The lowest BCUT2D eigenvalue weighted by atomic mass is 10.1. The summed E-state index contributed by atoms with van der Waals surface area (Å²) in [5, 5.41) is 13.3. The van der Waals surface area contributed by atoms with E-state index in [1.54, 1.807) is 31.2 Å². The van der Waals surface area contributed by atoms with Gasteiger partial charge >= 0.3 is 6.03 Å². The third-order valence-electron chi connectivity index (χ3n) is 5.37. The normalized spacial score (nSPS) is 14.4. The molecule has 12 heteroatoms. The van der Waals surface area contributed by atoms with Crippen LogP contribution in [-0.4, -0.2) is 29.4 Å². The first-order chi connectivity index (χ1) is 18.2. The molecule has 1 aliphatic rings. The second kappa shape index (κ2) is 11.3. The molecular formula is C26H19Cl2N3O7. The van der Waals surface area contributed by atoms with Gasteiger partial charge in [-0.25, -0.2) is 9.69 Å². The Morgan fingerprint density at radius 2 is 1.71 bits per heavy atom. The minimum atomic E-state index is -0.923.